The Hall–Kier alpha value is -2.42. The summed E-state index contributed by atoms with van der Waals surface area (Å²) >= 11 is 0. The van der Waals surface area contributed by atoms with Crippen LogP contribution in [-0.4, -0.2) is 47.8 Å². The van der Waals surface area contributed by atoms with Gasteiger partial charge >= 0.3 is 0 Å². The number of hydrogen-bond acceptors (Lipinski definition) is 5. The van der Waals surface area contributed by atoms with Crippen LogP contribution in [0.15, 0.2) is 18.3 Å². The van der Waals surface area contributed by atoms with Crippen LogP contribution in [0.3, 0.4) is 0 Å². The normalized spacial score (nSPS) is 19.5. The lowest BCUT2D eigenvalue weighted by Gasteiger charge is -2.31. The molecule has 3 heterocycles. The summed E-state index contributed by atoms with van der Waals surface area (Å²) in [7, 11) is 0. The fourth-order valence-corrected chi connectivity index (χ4v) is 3.47. The molecule has 0 radical (unpaired) electrons. The highest BCUT2D eigenvalue weighted by molar-refractivity contribution is 6.12. The summed E-state index contributed by atoms with van der Waals surface area (Å²) in [5, 5.41) is 9.32. The molecule has 132 valence electrons. The zero-order valence-corrected chi connectivity index (χ0v) is 14.6. The number of nitriles is 1. The van der Waals surface area contributed by atoms with Gasteiger partial charge in [0, 0.05) is 37.9 Å². The number of hydrogen-bond donors (Lipinski definition) is 0. The van der Waals surface area contributed by atoms with Gasteiger partial charge in [-0.3, -0.25) is 9.59 Å². The van der Waals surface area contributed by atoms with Crippen LogP contribution in [-0.2, 0) is 4.79 Å². The van der Waals surface area contributed by atoms with Crippen LogP contribution in [0.5, 0.6) is 0 Å². The summed E-state index contributed by atoms with van der Waals surface area (Å²) < 4.78 is 0. The summed E-state index contributed by atoms with van der Waals surface area (Å²) in [5.41, 5.74) is 0.327. The van der Waals surface area contributed by atoms with Gasteiger partial charge in [0.1, 0.15) is 5.82 Å². The highest BCUT2D eigenvalue weighted by Gasteiger charge is 2.32. The van der Waals surface area contributed by atoms with E-state index in [9.17, 15) is 14.9 Å². The van der Waals surface area contributed by atoms with Crippen molar-refractivity contribution in [3.8, 4) is 6.07 Å². The molecule has 3 rings (SSSR count). The minimum atomic E-state index is -1.26. The Morgan fingerprint density at radius 3 is 2.44 bits per heavy atom. The van der Waals surface area contributed by atoms with Crippen LogP contribution in [0, 0.1) is 23.2 Å². The number of piperidine rings is 1. The van der Waals surface area contributed by atoms with E-state index in [4.69, 9.17) is 0 Å². The Morgan fingerprint density at radius 2 is 1.88 bits per heavy atom. The van der Waals surface area contributed by atoms with Crippen LogP contribution >= 0.6 is 0 Å². The van der Waals surface area contributed by atoms with Crippen LogP contribution < -0.4 is 4.90 Å². The van der Waals surface area contributed by atoms with Gasteiger partial charge in [-0.05, 0) is 43.7 Å². The predicted octanol–water partition coefficient (Wildman–Crippen LogP) is 2.26. The first-order chi connectivity index (χ1) is 12.1. The molecule has 0 unspecified atom stereocenters. The second kappa shape index (κ2) is 7.64. The summed E-state index contributed by atoms with van der Waals surface area (Å²) in [6.07, 6.45) is 5.65. The number of rotatable bonds is 4. The van der Waals surface area contributed by atoms with Crippen LogP contribution in [0.25, 0.3) is 0 Å². The molecule has 0 aromatic carbocycles. The minimum absolute atomic E-state index is 0.327. The molecule has 6 nitrogen and oxygen atoms in total. The third-order valence-corrected chi connectivity index (χ3v) is 5.20. The SMILES string of the molecule is CC1CCN(c2ccc(C(=O)[C@@H](C#N)C(=O)N3CCCC3)cn2)CC1. The van der Waals surface area contributed by atoms with Crippen molar-refractivity contribution in [2.75, 3.05) is 31.1 Å². The van der Waals surface area contributed by atoms with E-state index in [1.54, 1.807) is 11.0 Å². The molecular weight excluding hydrogens is 316 g/mol. The molecule has 0 N–H and O–H groups in total. The summed E-state index contributed by atoms with van der Waals surface area (Å²) in [6.45, 7) is 5.46. The first-order valence-corrected chi connectivity index (χ1v) is 9.04. The molecular formula is C19H24N4O2. The van der Waals surface area contributed by atoms with Gasteiger partial charge in [0.2, 0.25) is 5.91 Å². The van der Waals surface area contributed by atoms with Crippen LogP contribution in [0.4, 0.5) is 5.82 Å². The molecule has 6 heteroatoms. The average Bonchev–Trinajstić information content (AvgIpc) is 3.17. The maximum atomic E-state index is 12.6. The molecule has 25 heavy (non-hydrogen) atoms. The second-order valence-corrected chi connectivity index (χ2v) is 7.03. The largest absolute Gasteiger partial charge is 0.357 e. The van der Waals surface area contributed by atoms with Gasteiger partial charge < -0.3 is 9.80 Å². The van der Waals surface area contributed by atoms with Gasteiger partial charge in [0.15, 0.2) is 11.7 Å². The number of likely N-dealkylation sites (tertiary alicyclic amines) is 1. The molecule has 2 aliphatic rings. The van der Waals surface area contributed by atoms with Gasteiger partial charge in [-0.2, -0.15) is 5.26 Å². The van der Waals surface area contributed by atoms with Gasteiger partial charge in [0.05, 0.1) is 6.07 Å². The van der Waals surface area contributed by atoms with Crippen LogP contribution in [0.1, 0.15) is 43.0 Å². The number of ketones is 1. The molecule has 1 atom stereocenters. The molecule has 0 bridgehead atoms. The highest BCUT2D eigenvalue weighted by Crippen LogP contribution is 2.22. The Balaban J connectivity index is 1.69. The summed E-state index contributed by atoms with van der Waals surface area (Å²) in [5.74, 6) is -0.501. The van der Waals surface area contributed by atoms with Crippen LogP contribution in [0.2, 0.25) is 0 Å². The van der Waals surface area contributed by atoms with Crippen molar-refractivity contribution in [2.24, 2.45) is 11.8 Å². The van der Waals surface area contributed by atoms with Gasteiger partial charge in [-0.25, -0.2) is 4.98 Å². The number of Topliss-reactive ketones (excluding diaryl/α,β-unsaturated/α-hetero) is 1. The van der Waals surface area contributed by atoms with E-state index < -0.39 is 11.7 Å². The molecule has 0 aliphatic carbocycles. The van der Waals surface area contributed by atoms with E-state index in [1.165, 1.54) is 6.20 Å². The molecule has 2 aliphatic heterocycles. The van der Waals surface area contributed by atoms with Crippen molar-refractivity contribution in [3.63, 3.8) is 0 Å². The van der Waals surface area contributed by atoms with E-state index in [0.29, 0.717) is 18.7 Å². The van der Waals surface area contributed by atoms with Crippen molar-refractivity contribution in [1.29, 1.82) is 5.26 Å². The number of anilines is 1. The first-order valence-electron chi connectivity index (χ1n) is 9.04. The Kier molecular flexibility index (Phi) is 5.32. The first kappa shape index (κ1) is 17.4. The van der Waals surface area contributed by atoms with Crippen molar-refractivity contribution in [1.82, 2.24) is 9.88 Å². The molecule has 1 amide bonds. The summed E-state index contributed by atoms with van der Waals surface area (Å²) in [6, 6.07) is 5.38. The number of carbonyl (C=O) groups excluding carboxylic acids is 2. The number of amides is 1. The predicted molar refractivity (Wildman–Crippen MR) is 94.1 cm³/mol. The lowest BCUT2D eigenvalue weighted by Crippen LogP contribution is -2.37. The lowest BCUT2D eigenvalue weighted by atomic mass is 9.98. The number of aromatic nitrogens is 1. The van der Waals surface area contributed by atoms with Crippen molar-refractivity contribution < 1.29 is 9.59 Å². The van der Waals surface area contributed by atoms with Crippen molar-refractivity contribution >= 4 is 17.5 Å². The second-order valence-electron chi connectivity index (χ2n) is 7.03. The summed E-state index contributed by atoms with van der Waals surface area (Å²) in [4.78, 5) is 33.2. The van der Waals surface area contributed by atoms with Gasteiger partial charge in [-0.1, -0.05) is 6.92 Å². The van der Waals surface area contributed by atoms with E-state index in [0.717, 1.165) is 50.5 Å². The minimum Gasteiger partial charge on any atom is -0.357 e. The molecule has 0 spiro atoms. The van der Waals surface area contributed by atoms with E-state index in [1.807, 2.05) is 12.1 Å². The molecule has 1 aromatic heterocycles. The molecule has 2 fully saturated rings. The Labute approximate surface area is 148 Å². The smallest absolute Gasteiger partial charge is 0.247 e. The van der Waals surface area contributed by atoms with Gasteiger partial charge in [-0.15, -0.1) is 0 Å². The molecule has 0 saturated carbocycles. The zero-order chi connectivity index (χ0) is 17.8. The third kappa shape index (κ3) is 3.81. The maximum Gasteiger partial charge on any atom is 0.247 e. The molecule has 2 saturated heterocycles. The standard InChI is InChI=1S/C19H24N4O2/c1-14-6-10-22(11-7-14)17-5-4-15(13-21-17)18(24)16(12-20)19(25)23-8-2-3-9-23/h4-5,13-14,16H,2-3,6-11H2,1H3/t16-/m1/s1. The molecule has 1 aromatic rings. The Bertz CT molecular complexity index is 666. The maximum absolute atomic E-state index is 12.6. The highest BCUT2D eigenvalue weighted by atomic mass is 16.2. The topological polar surface area (TPSA) is 77.3 Å². The van der Waals surface area contributed by atoms with E-state index >= 15 is 0 Å². The quantitative estimate of drug-likeness (QED) is 0.621. The van der Waals surface area contributed by atoms with E-state index in [2.05, 4.69) is 16.8 Å². The number of carbonyl (C=O) groups is 2. The van der Waals surface area contributed by atoms with Gasteiger partial charge in [0.25, 0.3) is 0 Å². The third-order valence-electron chi connectivity index (χ3n) is 5.20. The van der Waals surface area contributed by atoms with Crippen molar-refractivity contribution in [2.45, 2.75) is 32.6 Å². The van der Waals surface area contributed by atoms with E-state index in [-0.39, 0.29) is 5.91 Å². The average molecular weight is 340 g/mol. The lowest BCUT2D eigenvalue weighted by molar-refractivity contribution is -0.131. The number of nitrogens with zero attached hydrogens (tertiary/aromatic N) is 4. The van der Waals surface area contributed by atoms with Crippen molar-refractivity contribution in [3.05, 3.63) is 23.9 Å². The fraction of sp³-hybridized carbons (Fsp3) is 0.579. The zero-order valence-electron chi connectivity index (χ0n) is 14.6. The fourth-order valence-electron chi connectivity index (χ4n) is 3.47. The monoisotopic (exact) mass is 340 g/mol. The Morgan fingerprint density at radius 1 is 1.20 bits per heavy atom. The number of pyridine rings is 1.